The van der Waals surface area contributed by atoms with Gasteiger partial charge in [-0.05, 0) is 23.0 Å². The highest BCUT2D eigenvalue weighted by Gasteiger charge is 2.29. The quantitative estimate of drug-likeness (QED) is 0.682. The second-order valence-electron chi connectivity index (χ2n) is 4.43. The molecule has 0 aromatic rings. The number of hydrogen-bond acceptors (Lipinski definition) is 4. The summed E-state index contributed by atoms with van der Waals surface area (Å²) in [5.74, 6) is -0.430. The fourth-order valence-electron chi connectivity index (χ4n) is 2.00. The van der Waals surface area contributed by atoms with E-state index in [0.717, 1.165) is 32.7 Å². The van der Waals surface area contributed by atoms with Crippen molar-refractivity contribution in [3.63, 3.8) is 0 Å². The van der Waals surface area contributed by atoms with Gasteiger partial charge in [-0.3, -0.25) is 19.4 Å². The van der Waals surface area contributed by atoms with Gasteiger partial charge in [0, 0.05) is 45.3 Å². The van der Waals surface area contributed by atoms with Gasteiger partial charge in [0.05, 0.1) is 4.48 Å². The summed E-state index contributed by atoms with van der Waals surface area (Å²) < 4.78 is 0.362. The highest BCUT2D eigenvalue weighted by atomic mass is 79.9. The van der Waals surface area contributed by atoms with Crippen LogP contribution in [0.25, 0.3) is 0 Å². The molecule has 0 saturated carbocycles. The van der Waals surface area contributed by atoms with Crippen molar-refractivity contribution in [3.8, 4) is 0 Å². The lowest BCUT2D eigenvalue weighted by Crippen LogP contribution is -2.47. The Morgan fingerprint density at radius 2 is 1.82 bits per heavy atom. The molecule has 6 heteroatoms. The van der Waals surface area contributed by atoms with E-state index in [9.17, 15) is 9.59 Å². The number of nitrogens with zero attached hydrogens (tertiary/aromatic N) is 3. The van der Waals surface area contributed by atoms with Crippen LogP contribution >= 0.6 is 15.9 Å². The SMILES string of the molecule is CN1CCN(CCN2C(=O)C=C(Br)C2=O)CC1. The second kappa shape index (κ2) is 5.29. The fraction of sp³-hybridized carbons (Fsp3) is 0.636. The molecule has 1 fully saturated rings. The maximum Gasteiger partial charge on any atom is 0.267 e. The Morgan fingerprint density at radius 3 is 2.35 bits per heavy atom. The number of amides is 2. The molecule has 94 valence electrons. The Hall–Kier alpha value is -0.720. The molecule has 2 amide bonds. The normalized spacial score (nSPS) is 23.4. The Kier molecular flexibility index (Phi) is 3.96. The Balaban J connectivity index is 1.79. The predicted octanol–water partition coefficient (Wildman–Crippen LogP) is -0.119. The topological polar surface area (TPSA) is 43.9 Å². The molecule has 0 bridgehead atoms. The van der Waals surface area contributed by atoms with Crippen molar-refractivity contribution in [2.75, 3.05) is 46.3 Å². The van der Waals surface area contributed by atoms with Crippen LogP contribution in [0.4, 0.5) is 0 Å². The molecular formula is C11H16BrN3O2. The summed E-state index contributed by atoms with van der Waals surface area (Å²) in [6.45, 7) is 5.34. The van der Waals surface area contributed by atoms with E-state index < -0.39 is 0 Å². The Labute approximate surface area is 109 Å². The van der Waals surface area contributed by atoms with Crippen LogP contribution in [0, 0.1) is 0 Å². The third kappa shape index (κ3) is 2.94. The summed E-state index contributed by atoms with van der Waals surface area (Å²) in [7, 11) is 2.10. The summed E-state index contributed by atoms with van der Waals surface area (Å²) in [5, 5.41) is 0. The molecule has 1 saturated heterocycles. The summed E-state index contributed by atoms with van der Waals surface area (Å²) in [6.07, 6.45) is 1.34. The van der Waals surface area contributed by atoms with E-state index in [1.54, 1.807) is 0 Å². The van der Waals surface area contributed by atoms with Crippen molar-refractivity contribution in [1.82, 2.24) is 14.7 Å². The molecule has 2 heterocycles. The van der Waals surface area contributed by atoms with E-state index in [0.29, 0.717) is 11.0 Å². The first-order chi connectivity index (χ1) is 8.08. The number of carbonyl (C=O) groups excluding carboxylic acids is 2. The van der Waals surface area contributed by atoms with Gasteiger partial charge in [-0.1, -0.05) is 0 Å². The molecule has 5 nitrogen and oxygen atoms in total. The molecule has 2 aliphatic heterocycles. The van der Waals surface area contributed by atoms with Crippen LogP contribution in [0.15, 0.2) is 10.6 Å². The van der Waals surface area contributed by atoms with Crippen molar-refractivity contribution in [3.05, 3.63) is 10.6 Å². The van der Waals surface area contributed by atoms with Crippen LogP contribution in [0.3, 0.4) is 0 Å². The lowest BCUT2D eigenvalue weighted by molar-refractivity contribution is -0.137. The fourth-order valence-corrected chi connectivity index (χ4v) is 2.41. The van der Waals surface area contributed by atoms with Crippen LogP contribution in [0.5, 0.6) is 0 Å². The van der Waals surface area contributed by atoms with Gasteiger partial charge < -0.3 is 4.90 Å². The van der Waals surface area contributed by atoms with E-state index in [1.807, 2.05) is 0 Å². The Bertz CT molecular complexity index is 362. The molecule has 0 N–H and O–H groups in total. The van der Waals surface area contributed by atoms with Crippen molar-refractivity contribution >= 4 is 27.7 Å². The molecular weight excluding hydrogens is 286 g/mol. The highest BCUT2D eigenvalue weighted by Crippen LogP contribution is 2.17. The van der Waals surface area contributed by atoms with Gasteiger partial charge in [0.1, 0.15) is 0 Å². The van der Waals surface area contributed by atoms with Crippen molar-refractivity contribution < 1.29 is 9.59 Å². The number of halogens is 1. The van der Waals surface area contributed by atoms with E-state index in [1.165, 1.54) is 11.0 Å². The molecule has 0 aromatic carbocycles. The standard InChI is InChI=1S/C11H16BrN3O2/c1-13-2-4-14(5-3-13)6-7-15-10(16)8-9(12)11(15)17/h8H,2-7H2,1H3. The monoisotopic (exact) mass is 301 g/mol. The van der Waals surface area contributed by atoms with Crippen LogP contribution in [0.2, 0.25) is 0 Å². The number of imide groups is 1. The van der Waals surface area contributed by atoms with Crippen LogP contribution in [0.1, 0.15) is 0 Å². The minimum absolute atomic E-state index is 0.212. The molecule has 2 aliphatic rings. The first kappa shape index (κ1) is 12.7. The van der Waals surface area contributed by atoms with Crippen LogP contribution in [-0.2, 0) is 9.59 Å². The van der Waals surface area contributed by atoms with Gasteiger partial charge in [-0.25, -0.2) is 0 Å². The number of piperazine rings is 1. The van der Waals surface area contributed by atoms with E-state index in [4.69, 9.17) is 0 Å². The molecule has 0 unspecified atom stereocenters. The second-order valence-corrected chi connectivity index (χ2v) is 5.29. The van der Waals surface area contributed by atoms with Gasteiger partial charge in [0.15, 0.2) is 0 Å². The largest absolute Gasteiger partial charge is 0.304 e. The smallest absolute Gasteiger partial charge is 0.267 e. The first-order valence-corrected chi connectivity index (χ1v) is 6.51. The van der Waals surface area contributed by atoms with Gasteiger partial charge >= 0.3 is 0 Å². The average molecular weight is 302 g/mol. The maximum absolute atomic E-state index is 11.6. The van der Waals surface area contributed by atoms with Gasteiger partial charge in [0.2, 0.25) is 0 Å². The minimum atomic E-state index is -0.218. The summed E-state index contributed by atoms with van der Waals surface area (Å²) in [5.41, 5.74) is 0. The maximum atomic E-state index is 11.6. The average Bonchev–Trinajstić information content (AvgIpc) is 2.54. The predicted molar refractivity (Wildman–Crippen MR) is 67.7 cm³/mol. The zero-order valence-electron chi connectivity index (χ0n) is 9.86. The molecule has 17 heavy (non-hydrogen) atoms. The number of rotatable bonds is 3. The minimum Gasteiger partial charge on any atom is -0.304 e. The van der Waals surface area contributed by atoms with Crippen molar-refractivity contribution in [2.45, 2.75) is 0 Å². The highest BCUT2D eigenvalue weighted by molar-refractivity contribution is 9.12. The third-order valence-electron chi connectivity index (χ3n) is 3.20. The van der Waals surface area contributed by atoms with E-state index in [-0.39, 0.29) is 11.8 Å². The van der Waals surface area contributed by atoms with Crippen LogP contribution < -0.4 is 0 Å². The zero-order valence-corrected chi connectivity index (χ0v) is 11.4. The number of likely N-dealkylation sites (N-methyl/N-ethyl adjacent to an activating group) is 1. The molecule has 0 atom stereocenters. The third-order valence-corrected chi connectivity index (χ3v) is 3.77. The first-order valence-electron chi connectivity index (χ1n) is 5.72. The lowest BCUT2D eigenvalue weighted by Gasteiger charge is -2.33. The van der Waals surface area contributed by atoms with Crippen LogP contribution in [-0.4, -0.2) is 72.8 Å². The van der Waals surface area contributed by atoms with Gasteiger partial charge in [-0.15, -0.1) is 0 Å². The number of hydrogen-bond donors (Lipinski definition) is 0. The summed E-state index contributed by atoms with van der Waals surface area (Å²) in [6, 6.07) is 0. The lowest BCUT2D eigenvalue weighted by atomic mass is 10.3. The van der Waals surface area contributed by atoms with Crippen molar-refractivity contribution in [2.24, 2.45) is 0 Å². The van der Waals surface area contributed by atoms with Gasteiger partial charge in [0.25, 0.3) is 11.8 Å². The molecule has 0 aromatic heterocycles. The van der Waals surface area contributed by atoms with E-state index >= 15 is 0 Å². The Morgan fingerprint density at radius 1 is 1.18 bits per heavy atom. The van der Waals surface area contributed by atoms with Crippen molar-refractivity contribution in [1.29, 1.82) is 0 Å². The number of carbonyl (C=O) groups is 2. The summed E-state index contributed by atoms with van der Waals surface area (Å²) >= 11 is 3.09. The summed E-state index contributed by atoms with van der Waals surface area (Å²) in [4.78, 5) is 29.0. The van der Waals surface area contributed by atoms with E-state index in [2.05, 4.69) is 32.8 Å². The molecule has 0 spiro atoms. The van der Waals surface area contributed by atoms with Gasteiger partial charge in [-0.2, -0.15) is 0 Å². The zero-order chi connectivity index (χ0) is 12.4. The molecule has 0 aliphatic carbocycles. The molecule has 2 rings (SSSR count). The molecule has 0 radical (unpaired) electrons.